The van der Waals surface area contributed by atoms with Crippen molar-refractivity contribution in [2.75, 3.05) is 16.8 Å². The molecule has 1 aromatic heterocycles. The highest BCUT2D eigenvalue weighted by atomic mass is 32.1. The molecule has 5 nitrogen and oxygen atoms in total. The van der Waals surface area contributed by atoms with Crippen LogP contribution >= 0.6 is 11.3 Å². The highest BCUT2D eigenvalue weighted by Crippen LogP contribution is 2.35. The number of thiophene rings is 1. The molecule has 0 atom stereocenters. The molecule has 1 aliphatic heterocycles. The molecule has 2 aromatic carbocycles. The van der Waals surface area contributed by atoms with Gasteiger partial charge in [-0.2, -0.15) is 0 Å². The summed E-state index contributed by atoms with van der Waals surface area (Å²) in [6, 6.07) is 19.1. The number of ether oxygens (including phenoxy) is 1. The summed E-state index contributed by atoms with van der Waals surface area (Å²) in [5, 5.41) is 4.84. The first-order valence-corrected chi connectivity index (χ1v) is 9.50. The lowest BCUT2D eigenvalue weighted by Gasteiger charge is -2.29. The molecule has 4 rings (SSSR count). The van der Waals surface area contributed by atoms with E-state index in [0.717, 1.165) is 10.4 Å². The Balaban J connectivity index is 1.51. The average Bonchev–Trinajstić information content (AvgIpc) is 3.18. The van der Waals surface area contributed by atoms with E-state index >= 15 is 0 Å². The van der Waals surface area contributed by atoms with Gasteiger partial charge in [-0.3, -0.25) is 9.59 Å². The Morgan fingerprint density at radius 3 is 2.74 bits per heavy atom. The summed E-state index contributed by atoms with van der Waals surface area (Å²) >= 11 is 1.56. The molecule has 27 heavy (non-hydrogen) atoms. The van der Waals surface area contributed by atoms with Crippen molar-refractivity contribution in [3.05, 3.63) is 76.5 Å². The van der Waals surface area contributed by atoms with E-state index in [2.05, 4.69) is 5.32 Å². The summed E-state index contributed by atoms with van der Waals surface area (Å²) in [4.78, 5) is 27.3. The molecule has 0 saturated carbocycles. The Kier molecular flexibility index (Phi) is 4.89. The molecule has 0 radical (unpaired) electrons. The zero-order valence-electron chi connectivity index (χ0n) is 14.6. The molecule has 0 unspecified atom stereocenters. The minimum atomic E-state index is -0.0826. The van der Waals surface area contributed by atoms with Crippen LogP contribution in [0.25, 0.3) is 0 Å². The van der Waals surface area contributed by atoms with Gasteiger partial charge in [0.25, 0.3) is 5.91 Å². The molecule has 0 spiro atoms. The van der Waals surface area contributed by atoms with Crippen molar-refractivity contribution in [3.63, 3.8) is 0 Å². The summed E-state index contributed by atoms with van der Waals surface area (Å²) in [6.45, 7) is 0.479. The minimum absolute atomic E-state index is 0.00751. The molecule has 0 saturated heterocycles. The van der Waals surface area contributed by atoms with Crippen LogP contribution in [0, 0.1) is 0 Å². The van der Waals surface area contributed by atoms with E-state index in [1.54, 1.807) is 28.4 Å². The first kappa shape index (κ1) is 17.3. The predicted octanol–water partition coefficient (Wildman–Crippen LogP) is 3.85. The van der Waals surface area contributed by atoms with Crippen molar-refractivity contribution >= 4 is 34.5 Å². The predicted molar refractivity (Wildman–Crippen MR) is 106 cm³/mol. The van der Waals surface area contributed by atoms with Gasteiger partial charge in [-0.1, -0.05) is 36.4 Å². The van der Waals surface area contributed by atoms with Gasteiger partial charge in [0, 0.05) is 16.6 Å². The standard InChI is InChI=1S/C21H18N2O3S/c24-20(12-17-7-4-10-27-17)22-16-8-9-18-19(11-16)26-14-21(25)23(18)13-15-5-2-1-3-6-15/h1-11H,12-14H2,(H,22,24). The van der Waals surface area contributed by atoms with Crippen LogP contribution in [-0.4, -0.2) is 18.4 Å². The zero-order valence-corrected chi connectivity index (χ0v) is 15.4. The molecule has 0 fully saturated rings. The van der Waals surface area contributed by atoms with Gasteiger partial charge in [0.2, 0.25) is 5.91 Å². The lowest BCUT2D eigenvalue weighted by atomic mass is 10.1. The number of hydrogen-bond donors (Lipinski definition) is 1. The van der Waals surface area contributed by atoms with Crippen molar-refractivity contribution < 1.29 is 14.3 Å². The smallest absolute Gasteiger partial charge is 0.265 e. The second-order valence-electron chi connectivity index (χ2n) is 6.24. The summed E-state index contributed by atoms with van der Waals surface area (Å²) < 4.78 is 5.59. The number of hydrogen-bond acceptors (Lipinski definition) is 4. The SMILES string of the molecule is O=C(Cc1cccs1)Nc1ccc2c(c1)OCC(=O)N2Cc1ccccc1. The molecular formula is C21H18N2O3S. The van der Waals surface area contributed by atoms with Crippen LogP contribution < -0.4 is 15.0 Å². The third-order valence-corrected chi connectivity index (χ3v) is 5.16. The number of nitrogens with one attached hydrogen (secondary N) is 1. The Morgan fingerprint density at radius 1 is 1.11 bits per heavy atom. The van der Waals surface area contributed by atoms with Crippen molar-refractivity contribution in [1.82, 2.24) is 0 Å². The monoisotopic (exact) mass is 378 g/mol. The summed E-state index contributed by atoms with van der Waals surface area (Å²) in [6.07, 6.45) is 0.341. The van der Waals surface area contributed by atoms with E-state index in [4.69, 9.17) is 4.74 Å². The van der Waals surface area contributed by atoms with E-state index < -0.39 is 0 Å². The Bertz CT molecular complexity index is 955. The van der Waals surface area contributed by atoms with E-state index in [-0.39, 0.29) is 18.4 Å². The first-order chi connectivity index (χ1) is 13.2. The fourth-order valence-electron chi connectivity index (χ4n) is 3.00. The summed E-state index contributed by atoms with van der Waals surface area (Å²) in [5.74, 6) is 0.436. The van der Waals surface area contributed by atoms with Gasteiger partial charge >= 0.3 is 0 Å². The fraction of sp³-hybridized carbons (Fsp3) is 0.143. The molecule has 2 heterocycles. The van der Waals surface area contributed by atoms with Gasteiger partial charge in [-0.25, -0.2) is 0 Å². The molecule has 1 N–H and O–H groups in total. The van der Waals surface area contributed by atoms with Crippen LogP contribution in [0.1, 0.15) is 10.4 Å². The van der Waals surface area contributed by atoms with E-state index in [9.17, 15) is 9.59 Å². The number of nitrogens with zero attached hydrogens (tertiary/aromatic N) is 1. The average molecular weight is 378 g/mol. The number of fused-ring (bicyclic) bond motifs is 1. The number of carbonyl (C=O) groups excluding carboxylic acids is 2. The lowest BCUT2D eigenvalue weighted by molar-refractivity contribution is -0.121. The van der Waals surface area contributed by atoms with Gasteiger partial charge in [0.05, 0.1) is 18.7 Å². The van der Waals surface area contributed by atoms with Gasteiger partial charge in [-0.15, -0.1) is 11.3 Å². The van der Waals surface area contributed by atoms with E-state index in [0.29, 0.717) is 30.1 Å². The lowest BCUT2D eigenvalue weighted by Crippen LogP contribution is -2.38. The maximum absolute atomic E-state index is 12.3. The quantitative estimate of drug-likeness (QED) is 0.734. The molecular weight excluding hydrogens is 360 g/mol. The fourth-order valence-corrected chi connectivity index (χ4v) is 3.70. The Hall–Kier alpha value is -3.12. The number of carbonyl (C=O) groups is 2. The maximum atomic E-state index is 12.3. The molecule has 3 aromatic rings. The van der Waals surface area contributed by atoms with E-state index in [1.807, 2.05) is 53.9 Å². The molecule has 6 heteroatoms. The third kappa shape index (κ3) is 4.01. The second kappa shape index (κ2) is 7.63. The van der Waals surface area contributed by atoms with Crippen LogP contribution in [0.2, 0.25) is 0 Å². The summed E-state index contributed by atoms with van der Waals surface area (Å²) in [5.41, 5.74) is 2.42. The van der Waals surface area contributed by atoms with Crippen LogP contribution in [0.4, 0.5) is 11.4 Å². The highest BCUT2D eigenvalue weighted by Gasteiger charge is 2.26. The topological polar surface area (TPSA) is 58.6 Å². The second-order valence-corrected chi connectivity index (χ2v) is 7.27. The van der Waals surface area contributed by atoms with Crippen molar-refractivity contribution in [1.29, 1.82) is 0 Å². The Labute approximate surface area is 161 Å². The summed E-state index contributed by atoms with van der Waals surface area (Å²) in [7, 11) is 0. The third-order valence-electron chi connectivity index (χ3n) is 4.28. The first-order valence-electron chi connectivity index (χ1n) is 8.62. The molecule has 1 aliphatic rings. The normalized spacial score (nSPS) is 13.0. The van der Waals surface area contributed by atoms with Gasteiger partial charge in [0.15, 0.2) is 6.61 Å². The number of benzene rings is 2. The van der Waals surface area contributed by atoms with Crippen LogP contribution in [0.3, 0.4) is 0 Å². The van der Waals surface area contributed by atoms with Crippen LogP contribution in [0.5, 0.6) is 5.75 Å². The number of amides is 2. The zero-order chi connectivity index (χ0) is 18.6. The largest absolute Gasteiger partial charge is 0.481 e. The van der Waals surface area contributed by atoms with Crippen molar-refractivity contribution in [2.24, 2.45) is 0 Å². The van der Waals surface area contributed by atoms with Crippen molar-refractivity contribution in [2.45, 2.75) is 13.0 Å². The molecule has 0 bridgehead atoms. The van der Waals surface area contributed by atoms with Gasteiger partial charge < -0.3 is 15.0 Å². The molecule has 2 amide bonds. The maximum Gasteiger partial charge on any atom is 0.265 e. The Morgan fingerprint density at radius 2 is 1.96 bits per heavy atom. The van der Waals surface area contributed by atoms with Crippen molar-refractivity contribution in [3.8, 4) is 5.75 Å². The van der Waals surface area contributed by atoms with Crippen LogP contribution in [0.15, 0.2) is 66.0 Å². The minimum Gasteiger partial charge on any atom is -0.481 e. The molecule has 136 valence electrons. The van der Waals surface area contributed by atoms with E-state index in [1.165, 1.54) is 0 Å². The molecule has 0 aliphatic carbocycles. The highest BCUT2D eigenvalue weighted by molar-refractivity contribution is 7.10. The van der Waals surface area contributed by atoms with Gasteiger partial charge in [-0.05, 0) is 29.1 Å². The number of rotatable bonds is 5. The van der Waals surface area contributed by atoms with Crippen LogP contribution in [-0.2, 0) is 22.6 Å². The van der Waals surface area contributed by atoms with Gasteiger partial charge in [0.1, 0.15) is 5.75 Å². The number of anilines is 2.